The van der Waals surface area contributed by atoms with E-state index < -0.39 is 17.7 Å². The summed E-state index contributed by atoms with van der Waals surface area (Å²) in [5, 5.41) is 11.5. The molecule has 1 atom stereocenters. The van der Waals surface area contributed by atoms with Gasteiger partial charge in [-0.25, -0.2) is 4.98 Å². The lowest BCUT2D eigenvalue weighted by molar-refractivity contribution is -0.129. The number of thiazole rings is 1. The zero-order valence-electron chi connectivity index (χ0n) is 17.5. The first-order valence-corrected chi connectivity index (χ1v) is 10.5. The van der Waals surface area contributed by atoms with E-state index >= 15 is 0 Å². The molecule has 2 heterocycles. The summed E-state index contributed by atoms with van der Waals surface area (Å²) in [5.74, 6) is -1.26. The lowest BCUT2D eigenvalue weighted by atomic mass is 9.94. The number of hydrogen-bond acceptors (Lipinski definition) is 6. The number of ketones is 1. The molecule has 0 radical (unpaired) electrons. The molecule has 1 N–H and O–H groups in total. The SMILES string of the molecule is Cc1ccc([C@H]2C(C(=O)c3sc(C)nc3C)=C(O)C(=O)N2CCCN(C)C)cc1. The Morgan fingerprint density at radius 1 is 1.21 bits per heavy atom. The molecule has 0 fully saturated rings. The average molecular weight is 414 g/mol. The van der Waals surface area contributed by atoms with E-state index in [1.165, 1.54) is 11.3 Å². The number of amides is 1. The maximum Gasteiger partial charge on any atom is 0.290 e. The quantitative estimate of drug-likeness (QED) is 0.702. The van der Waals surface area contributed by atoms with E-state index in [0.29, 0.717) is 17.1 Å². The first-order chi connectivity index (χ1) is 13.7. The average Bonchev–Trinajstić information content (AvgIpc) is 3.12. The van der Waals surface area contributed by atoms with Crippen LogP contribution < -0.4 is 0 Å². The number of aromatic nitrogens is 1. The Bertz CT molecular complexity index is 960. The molecule has 2 aromatic rings. The number of rotatable bonds is 7. The summed E-state index contributed by atoms with van der Waals surface area (Å²) in [6.45, 7) is 6.87. The molecule has 6 nitrogen and oxygen atoms in total. The fraction of sp³-hybridized carbons (Fsp3) is 0.409. The fourth-order valence-electron chi connectivity index (χ4n) is 3.63. The van der Waals surface area contributed by atoms with Crippen molar-refractivity contribution in [2.45, 2.75) is 33.2 Å². The van der Waals surface area contributed by atoms with Gasteiger partial charge in [0.05, 0.1) is 27.2 Å². The van der Waals surface area contributed by atoms with Gasteiger partial charge < -0.3 is 14.9 Å². The monoisotopic (exact) mass is 413 g/mol. The van der Waals surface area contributed by atoms with Crippen LogP contribution in [0.4, 0.5) is 0 Å². The van der Waals surface area contributed by atoms with Crippen molar-refractivity contribution in [3.05, 3.63) is 62.3 Å². The van der Waals surface area contributed by atoms with Crippen LogP contribution in [0.2, 0.25) is 0 Å². The Hall–Kier alpha value is -2.51. The summed E-state index contributed by atoms with van der Waals surface area (Å²) < 4.78 is 0. The second-order valence-electron chi connectivity index (χ2n) is 7.71. The van der Waals surface area contributed by atoms with Crippen molar-refractivity contribution in [1.29, 1.82) is 0 Å². The maximum atomic E-state index is 13.4. The van der Waals surface area contributed by atoms with Gasteiger partial charge >= 0.3 is 0 Å². The van der Waals surface area contributed by atoms with E-state index in [4.69, 9.17) is 0 Å². The number of carbonyl (C=O) groups is 2. The van der Waals surface area contributed by atoms with Crippen molar-refractivity contribution in [2.24, 2.45) is 0 Å². The molecule has 0 aliphatic carbocycles. The van der Waals surface area contributed by atoms with Gasteiger partial charge in [0.2, 0.25) is 5.78 Å². The van der Waals surface area contributed by atoms with Crippen LogP contribution in [0.5, 0.6) is 0 Å². The van der Waals surface area contributed by atoms with Gasteiger partial charge in [0.1, 0.15) is 0 Å². The number of aryl methyl sites for hydroxylation is 3. The molecule has 1 aromatic heterocycles. The molecule has 3 rings (SSSR count). The highest BCUT2D eigenvalue weighted by molar-refractivity contribution is 7.14. The third kappa shape index (κ3) is 4.26. The van der Waals surface area contributed by atoms with Crippen LogP contribution in [-0.4, -0.2) is 58.8 Å². The van der Waals surface area contributed by atoms with Crippen LogP contribution in [0.1, 0.15) is 44.0 Å². The minimum absolute atomic E-state index is 0.149. The van der Waals surface area contributed by atoms with E-state index in [0.717, 1.165) is 29.1 Å². The van der Waals surface area contributed by atoms with Gasteiger partial charge in [-0.15, -0.1) is 11.3 Å². The smallest absolute Gasteiger partial charge is 0.290 e. The summed E-state index contributed by atoms with van der Waals surface area (Å²) in [4.78, 5) is 34.8. The standard InChI is InChI=1S/C22H27N3O3S/c1-13-7-9-16(10-8-13)18-17(19(26)21-14(2)23-15(3)29-21)20(27)22(28)25(18)12-6-11-24(4)5/h7-10,18,27H,6,11-12H2,1-5H3/t18-/m0/s1. The predicted octanol–water partition coefficient (Wildman–Crippen LogP) is 3.60. The van der Waals surface area contributed by atoms with E-state index in [1.54, 1.807) is 11.8 Å². The van der Waals surface area contributed by atoms with Crippen LogP contribution in [-0.2, 0) is 4.79 Å². The third-order valence-electron chi connectivity index (χ3n) is 5.06. The first-order valence-electron chi connectivity index (χ1n) is 9.64. The zero-order chi connectivity index (χ0) is 21.3. The van der Waals surface area contributed by atoms with Crippen molar-refractivity contribution >= 4 is 23.0 Å². The molecule has 7 heteroatoms. The van der Waals surface area contributed by atoms with Crippen molar-refractivity contribution in [3.63, 3.8) is 0 Å². The molecule has 29 heavy (non-hydrogen) atoms. The Morgan fingerprint density at radius 3 is 2.41 bits per heavy atom. The Balaban J connectivity index is 2.03. The van der Waals surface area contributed by atoms with E-state index in [1.807, 2.05) is 57.1 Å². The highest BCUT2D eigenvalue weighted by Gasteiger charge is 2.44. The summed E-state index contributed by atoms with van der Waals surface area (Å²) in [5.41, 5.74) is 2.68. The largest absolute Gasteiger partial charge is 0.503 e. The molecule has 0 spiro atoms. The molecule has 0 saturated carbocycles. The number of aliphatic hydroxyl groups is 1. The van der Waals surface area contributed by atoms with Crippen LogP contribution in [0.15, 0.2) is 35.6 Å². The Kier molecular flexibility index (Phi) is 6.19. The summed E-state index contributed by atoms with van der Waals surface area (Å²) in [6, 6.07) is 7.15. The Morgan fingerprint density at radius 2 is 1.86 bits per heavy atom. The zero-order valence-corrected chi connectivity index (χ0v) is 18.3. The van der Waals surface area contributed by atoms with Gasteiger partial charge in [0.15, 0.2) is 5.76 Å². The van der Waals surface area contributed by atoms with Crippen molar-refractivity contribution in [2.75, 3.05) is 27.2 Å². The van der Waals surface area contributed by atoms with Gasteiger partial charge in [-0.3, -0.25) is 9.59 Å². The summed E-state index contributed by atoms with van der Waals surface area (Å²) in [7, 11) is 3.95. The van der Waals surface area contributed by atoms with Crippen molar-refractivity contribution < 1.29 is 14.7 Å². The summed E-state index contributed by atoms with van der Waals surface area (Å²) >= 11 is 1.29. The minimum Gasteiger partial charge on any atom is -0.503 e. The Labute approximate surface area is 175 Å². The third-order valence-corrected chi connectivity index (χ3v) is 6.13. The topological polar surface area (TPSA) is 73.7 Å². The van der Waals surface area contributed by atoms with Gasteiger partial charge in [-0.2, -0.15) is 0 Å². The second kappa shape index (κ2) is 8.47. The van der Waals surface area contributed by atoms with Crippen LogP contribution in [0.25, 0.3) is 0 Å². The molecular weight excluding hydrogens is 386 g/mol. The first kappa shape index (κ1) is 21.2. The second-order valence-corrected chi connectivity index (χ2v) is 8.91. The number of hydrogen-bond donors (Lipinski definition) is 1. The molecule has 154 valence electrons. The normalized spacial score (nSPS) is 17.0. The number of benzene rings is 1. The van der Waals surface area contributed by atoms with E-state index in [-0.39, 0.29) is 11.4 Å². The molecule has 1 aliphatic heterocycles. The van der Waals surface area contributed by atoms with Gasteiger partial charge in [0, 0.05) is 6.54 Å². The molecule has 0 bridgehead atoms. The van der Waals surface area contributed by atoms with Gasteiger partial charge in [0.25, 0.3) is 5.91 Å². The molecule has 1 aliphatic rings. The van der Waals surface area contributed by atoms with Crippen LogP contribution in [0, 0.1) is 20.8 Å². The molecule has 1 amide bonds. The molecule has 0 saturated heterocycles. The highest BCUT2D eigenvalue weighted by Crippen LogP contribution is 2.40. The molecular formula is C22H27N3O3S. The summed E-state index contributed by atoms with van der Waals surface area (Å²) in [6.07, 6.45) is 0.745. The van der Waals surface area contributed by atoms with Gasteiger partial charge in [-0.05, 0) is 53.4 Å². The van der Waals surface area contributed by atoms with Crippen molar-refractivity contribution in [3.8, 4) is 0 Å². The lowest BCUT2D eigenvalue weighted by Crippen LogP contribution is -2.33. The maximum absolute atomic E-state index is 13.4. The van der Waals surface area contributed by atoms with Crippen LogP contribution in [0.3, 0.4) is 0 Å². The van der Waals surface area contributed by atoms with Crippen LogP contribution >= 0.6 is 11.3 Å². The van der Waals surface area contributed by atoms with E-state index in [2.05, 4.69) is 4.98 Å². The van der Waals surface area contributed by atoms with E-state index in [9.17, 15) is 14.7 Å². The number of aliphatic hydroxyl groups excluding tert-OH is 1. The predicted molar refractivity (Wildman–Crippen MR) is 114 cm³/mol. The molecule has 0 unspecified atom stereocenters. The number of carbonyl (C=O) groups excluding carboxylic acids is 2. The minimum atomic E-state index is -0.598. The number of nitrogens with zero attached hydrogens (tertiary/aromatic N) is 3. The fourth-order valence-corrected chi connectivity index (χ4v) is 4.51. The number of Topliss-reactive ketones (excluding diaryl/α,β-unsaturated/α-hetero) is 1. The lowest BCUT2D eigenvalue weighted by Gasteiger charge is -2.27. The molecule has 1 aromatic carbocycles. The van der Waals surface area contributed by atoms with Crippen molar-refractivity contribution in [1.82, 2.24) is 14.8 Å². The van der Waals surface area contributed by atoms with Gasteiger partial charge in [-0.1, -0.05) is 29.8 Å². The highest BCUT2D eigenvalue weighted by atomic mass is 32.1.